The second-order valence-corrected chi connectivity index (χ2v) is 4.30. The SMILES string of the molecule is NCc1c(C(=O)O)nnn1CCOc1ccccc1Cl. The van der Waals surface area contributed by atoms with Crippen molar-refractivity contribution in [2.45, 2.75) is 13.1 Å². The first-order valence-electron chi connectivity index (χ1n) is 5.86. The number of para-hydroxylation sites is 1. The van der Waals surface area contributed by atoms with Crippen LogP contribution in [0.15, 0.2) is 24.3 Å². The highest BCUT2D eigenvalue weighted by Gasteiger charge is 2.17. The summed E-state index contributed by atoms with van der Waals surface area (Å²) in [6.45, 7) is 0.651. The van der Waals surface area contributed by atoms with Crippen LogP contribution < -0.4 is 10.5 Å². The minimum absolute atomic E-state index is 0.0424. The zero-order valence-corrected chi connectivity index (χ0v) is 11.2. The van der Waals surface area contributed by atoms with Crippen molar-refractivity contribution in [2.75, 3.05) is 6.61 Å². The molecule has 0 fully saturated rings. The number of nitrogens with two attached hydrogens (primary N) is 1. The topological polar surface area (TPSA) is 103 Å². The van der Waals surface area contributed by atoms with E-state index in [1.807, 2.05) is 6.07 Å². The molecule has 0 spiro atoms. The molecule has 0 atom stereocenters. The maximum Gasteiger partial charge on any atom is 0.358 e. The second kappa shape index (κ2) is 6.36. The molecule has 1 aromatic carbocycles. The highest BCUT2D eigenvalue weighted by atomic mass is 35.5. The second-order valence-electron chi connectivity index (χ2n) is 3.90. The molecule has 8 heteroatoms. The van der Waals surface area contributed by atoms with Crippen LogP contribution in [0, 0.1) is 0 Å². The fourth-order valence-electron chi connectivity index (χ4n) is 1.68. The number of ether oxygens (including phenoxy) is 1. The summed E-state index contributed by atoms with van der Waals surface area (Å²) in [5.41, 5.74) is 5.74. The van der Waals surface area contributed by atoms with Crippen molar-refractivity contribution >= 4 is 17.6 Å². The van der Waals surface area contributed by atoms with Crippen LogP contribution in [0.2, 0.25) is 5.02 Å². The molecule has 0 bridgehead atoms. The van der Waals surface area contributed by atoms with Gasteiger partial charge in [-0.1, -0.05) is 28.9 Å². The number of carboxylic acids is 1. The average molecular weight is 297 g/mol. The molecular weight excluding hydrogens is 284 g/mol. The summed E-state index contributed by atoms with van der Waals surface area (Å²) < 4.78 is 6.92. The Bertz CT molecular complexity index is 614. The van der Waals surface area contributed by atoms with Gasteiger partial charge in [0.1, 0.15) is 12.4 Å². The van der Waals surface area contributed by atoms with E-state index in [1.54, 1.807) is 18.2 Å². The molecule has 1 heterocycles. The fourth-order valence-corrected chi connectivity index (χ4v) is 1.87. The molecule has 1 aromatic heterocycles. The Morgan fingerprint density at radius 1 is 1.45 bits per heavy atom. The summed E-state index contributed by atoms with van der Waals surface area (Å²) >= 11 is 5.95. The van der Waals surface area contributed by atoms with E-state index in [4.69, 9.17) is 27.2 Å². The predicted molar refractivity (Wildman–Crippen MR) is 71.8 cm³/mol. The van der Waals surface area contributed by atoms with Gasteiger partial charge >= 0.3 is 5.97 Å². The smallest absolute Gasteiger partial charge is 0.358 e. The Hall–Kier alpha value is -2.12. The number of carboxylic acid groups (broad SMARTS) is 1. The summed E-state index contributed by atoms with van der Waals surface area (Å²) in [6.07, 6.45) is 0. The molecule has 20 heavy (non-hydrogen) atoms. The fraction of sp³-hybridized carbons (Fsp3) is 0.250. The van der Waals surface area contributed by atoms with E-state index in [0.717, 1.165) is 0 Å². The van der Waals surface area contributed by atoms with Gasteiger partial charge in [-0.25, -0.2) is 9.48 Å². The summed E-state index contributed by atoms with van der Waals surface area (Å²) in [4.78, 5) is 10.9. The lowest BCUT2D eigenvalue weighted by atomic mass is 10.3. The molecule has 0 aliphatic carbocycles. The van der Waals surface area contributed by atoms with Crippen molar-refractivity contribution in [2.24, 2.45) is 5.73 Å². The standard InChI is InChI=1S/C12H13ClN4O3/c13-8-3-1-2-4-10(8)20-6-5-17-9(7-14)11(12(18)19)15-16-17/h1-4H,5-7,14H2,(H,18,19). The van der Waals surface area contributed by atoms with Gasteiger partial charge in [-0.15, -0.1) is 5.10 Å². The molecule has 0 amide bonds. The van der Waals surface area contributed by atoms with Gasteiger partial charge in [0, 0.05) is 6.54 Å². The van der Waals surface area contributed by atoms with Crippen molar-refractivity contribution in [3.63, 3.8) is 0 Å². The number of hydrogen-bond donors (Lipinski definition) is 2. The van der Waals surface area contributed by atoms with Crippen LogP contribution in [-0.2, 0) is 13.1 Å². The first-order valence-corrected chi connectivity index (χ1v) is 6.24. The van der Waals surface area contributed by atoms with Gasteiger partial charge in [0.15, 0.2) is 5.69 Å². The quantitative estimate of drug-likeness (QED) is 0.829. The Balaban J connectivity index is 2.01. The minimum atomic E-state index is -1.15. The molecule has 0 saturated heterocycles. The third kappa shape index (κ3) is 3.06. The Kier molecular flexibility index (Phi) is 4.54. The number of nitrogens with zero attached hydrogens (tertiary/aromatic N) is 3. The largest absolute Gasteiger partial charge is 0.490 e. The molecule has 7 nitrogen and oxygen atoms in total. The van der Waals surface area contributed by atoms with Crippen LogP contribution in [0.3, 0.4) is 0 Å². The minimum Gasteiger partial charge on any atom is -0.490 e. The third-order valence-corrected chi connectivity index (χ3v) is 2.94. The molecule has 0 unspecified atom stereocenters. The van der Waals surface area contributed by atoms with Gasteiger partial charge < -0.3 is 15.6 Å². The van der Waals surface area contributed by atoms with Gasteiger partial charge in [0.2, 0.25) is 0 Å². The third-order valence-electron chi connectivity index (χ3n) is 2.63. The predicted octanol–water partition coefficient (Wildman–Crippen LogP) is 1.17. The highest BCUT2D eigenvalue weighted by molar-refractivity contribution is 6.32. The van der Waals surface area contributed by atoms with Crippen molar-refractivity contribution in [1.82, 2.24) is 15.0 Å². The van der Waals surface area contributed by atoms with Gasteiger partial charge in [-0.3, -0.25) is 0 Å². The molecule has 2 rings (SSSR count). The zero-order valence-electron chi connectivity index (χ0n) is 10.5. The molecule has 0 saturated carbocycles. The van der Waals surface area contributed by atoms with Gasteiger partial charge in [0.05, 0.1) is 17.3 Å². The molecule has 3 N–H and O–H groups in total. The first-order chi connectivity index (χ1) is 9.63. The van der Waals surface area contributed by atoms with Gasteiger partial charge in [-0.05, 0) is 12.1 Å². The summed E-state index contributed by atoms with van der Waals surface area (Å²) in [5, 5.41) is 16.8. The number of halogens is 1. The number of benzene rings is 1. The maximum absolute atomic E-state index is 10.9. The van der Waals surface area contributed by atoms with Crippen LogP contribution in [0.4, 0.5) is 0 Å². The van der Waals surface area contributed by atoms with Crippen LogP contribution in [0.1, 0.15) is 16.2 Å². The van der Waals surface area contributed by atoms with E-state index < -0.39 is 5.97 Å². The van der Waals surface area contributed by atoms with Gasteiger partial charge in [-0.2, -0.15) is 0 Å². The Labute approximate surface area is 119 Å². The van der Waals surface area contributed by atoms with Crippen molar-refractivity contribution in [1.29, 1.82) is 0 Å². The van der Waals surface area contributed by atoms with Crippen molar-refractivity contribution in [3.05, 3.63) is 40.7 Å². The van der Waals surface area contributed by atoms with E-state index in [1.165, 1.54) is 4.68 Å². The lowest BCUT2D eigenvalue weighted by Crippen LogP contribution is -2.16. The van der Waals surface area contributed by atoms with Crippen LogP contribution in [-0.4, -0.2) is 32.7 Å². The van der Waals surface area contributed by atoms with E-state index >= 15 is 0 Å². The number of hydrogen-bond acceptors (Lipinski definition) is 5. The average Bonchev–Trinajstić information content (AvgIpc) is 2.84. The molecule has 0 aliphatic heterocycles. The van der Waals surface area contributed by atoms with Crippen molar-refractivity contribution < 1.29 is 14.6 Å². The summed E-state index contributed by atoms with van der Waals surface area (Å²) in [6, 6.07) is 7.08. The maximum atomic E-state index is 10.9. The number of aromatic carboxylic acids is 1. The summed E-state index contributed by atoms with van der Waals surface area (Å²) in [7, 11) is 0. The zero-order chi connectivity index (χ0) is 14.5. The molecule has 106 valence electrons. The van der Waals surface area contributed by atoms with Crippen LogP contribution in [0.5, 0.6) is 5.75 Å². The van der Waals surface area contributed by atoms with Crippen LogP contribution >= 0.6 is 11.6 Å². The van der Waals surface area contributed by atoms with Crippen LogP contribution in [0.25, 0.3) is 0 Å². The Morgan fingerprint density at radius 2 is 2.20 bits per heavy atom. The van der Waals surface area contributed by atoms with Gasteiger partial charge in [0.25, 0.3) is 0 Å². The van der Waals surface area contributed by atoms with Crippen molar-refractivity contribution in [3.8, 4) is 5.75 Å². The molecule has 0 aliphatic rings. The lowest BCUT2D eigenvalue weighted by molar-refractivity contribution is 0.0689. The normalized spacial score (nSPS) is 10.5. The number of aromatic nitrogens is 3. The molecule has 0 radical (unpaired) electrons. The number of rotatable bonds is 6. The van der Waals surface area contributed by atoms with E-state index in [-0.39, 0.29) is 18.8 Å². The van der Waals surface area contributed by atoms with E-state index in [0.29, 0.717) is 23.0 Å². The first kappa shape index (κ1) is 14.3. The van der Waals surface area contributed by atoms with E-state index in [2.05, 4.69) is 10.3 Å². The summed E-state index contributed by atoms with van der Waals surface area (Å²) in [5.74, 6) is -0.592. The number of carbonyl (C=O) groups is 1. The molecule has 2 aromatic rings. The van der Waals surface area contributed by atoms with E-state index in [9.17, 15) is 4.79 Å². The Morgan fingerprint density at radius 3 is 2.85 bits per heavy atom. The highest BCUT2D eigenvalue weighted by Crippen LogP contribution is 2.22. The molecular formula is C12H13ClN4O3. The lowest BCUT2D eigenvalue weighted by Gasteiger charge is -2.08. The monoisotopic (exact) mass is 296 g/mol.